The number of para-hydroxylation sites is 2. The Kier molecular flexibility index (Phi) is 10.8. The van der Waals surface area contributed by atoms with Gasteiger partial charge in [0.15, 0.2) is 0 Å². The molecule has 0 saturated carbocycles. The van der Waals surface area contributed by atoms with Gasteiger partial charge < -0.3 is 20.0 Å². The number of carbonyl (C=O) groups is 1. The number of benzene rings is 6. The summed E-state index contributed by atoms with van der Waals surface area (Å²) < 4.78 is 0. The van der Waals surface area contributed by atoms with Crippen molar-refractivity contribution >= 4 is 75.5 Å². The molecule has 11 rings (SSSR count). The Bertz CT molecular complexity index is 3600. The topological polar surface area (TPSA) is 122 Å². The van der Waals surface area contributed by atoms with Gasteiger partial charge >= 0.3 is 5.97 Å². The summed E-state index contributed by atoms with van der Waals surface area (Å²) in [6.45, 7) is 0. The summed E-state index contributed by atoms with van der Waals surface area (Å²) in [5.41, 5.74) is 17.6. The molecule has 0 atom stereocenters. The number of anilines is 3. The lowest BCUT2D eigenvalue weighted by Crippen LogP contribution is -2.09. The number of nitriles is 1. The monoisotopic (exact) mass is 876 g/mol. The highest BCUT2D eigenvalue weighted by molar-refractivity contribution is 6.01. The smallest absolute Gasteiger partial charge is 0.346 e. The van der Waals surface area contributed by atoms with Crippen molar-refractivity contribution in [2.45, 2.75) is 0 Å². The van der Waals surface area contributed by atoms with E-state index in [0.29, 0.717) is 5.56 Å². The Morgan fingerprint density at radius 1 is 0.441 bits per heavy atom. The first-order chi connectivity index (χ1) is 33.5. The van der Waals surface area contributed by atoms with Gasteiger partial charge in [-0.1, -0.05) is 133 Å². The van der Waals surface area contributed by atoms with Crippen LogP contribution in [0.25, 0.3) is 97.0 Å². The first-order valence-corrected chi connectivity index (χ1v) is 22.2. The van der Waals surface area contributed by atoms with Crippen molar-refractivity contribution in [1.82, 2.24) is 19.9 Å². The summed E-state index contributed by atoms with van der Waals surface area (Å²) in [6, 6.07) is 67.8. The molecule has 6 aromatic carbocycles. The molecule has 0 radical (unpaired) electrons. The second kappa shape index (κ2) is 17.8. The zero-order valence-electron chi connectivity index (χ0n) is 36.5. The number of rotatable bonds is 9. The molecule has 0 saturated heterocycles. The number of carboxylic acid groups (broad SMARTS) is 1. The molecule has 8 nitrogen and oxygen atoms in total. The number of fused-ring (bicyclic) bond motifs is 8. The van der Waals surface area contributed by atoms with Crippen LogP contribution in [0.2, 0.25) is 0 Å². The summed E-state index contributed by atoms with van der Waals surface area (Å²) >= 11 is 0. The van der Waals surface area contributed by atoms with Crippen molar-refractivity contribution in [2.24, 2.45) is 0 Å². The van der Waals surface area contributed by atoms with E-state index in [0.717, 1.165) is 106 Å². The maximum atomic E-state index is 11.7. The SMILES string of the molecule is N#C/C(=C/c1ccc(-c2c3nc(c(-c4ccccc4)c4ccc([nH]4)c(-c4ccc(N(c5ccccc5)c5ccccc5)cc4)c4nc(c(-c5ccccc5)c5ccc2[nH]5)C=C4)C=C3)cc1)C(=O)O. The lowest BCUT2D eigenvalue weighted by Gasteiger charge is -2.25. The Morgan fingerprint density at radius 3 is 1.12 bits per heavy atom. The summed E-state index contributed by atoms with van der Waals surface area (Å²) in [4.78, 5) is 32.4. The van der Waals surface area contributed by atoms with Crippen molar-refractivity contribution in [3.8, 4) is 50.6 Å². The van der Waals surface area contributed by atoms with Crippen LogP contribution in [0.1, 0.15) is 28.3 Å². The fourth-order valence-corrected chi connectivity index (χ4v) is 9.06. The van der Waals surface area contributed by atoms with Crippen molar-refractivity contribution in [1.29, 1.82) is 5.26 Å². The molecule has 0 amide bonds. The van der Waals surface area contributed by atoms with Gasteiger partial charge in [0.1, 0.15) is 11.6 Å². The van der Waals surface area contributed by atoms with E-state index in [1.54, 1.807) is 6.07 Å². The van der Waals surface area contributed by atoms with E-state index in [2.05, 4.69) is 154 Å². The number of H-pyrrole nitrogens is 2. The molecule has 0 unspecified atom stereocenters. The van der Waals surface area contributed by atoms with Crippen molar-refractivity contribution in [3.05, 3.63) is 228 Å². The van der Waals surface area contributed by atoms with Crippen molar-refractivity contribution in [3.63, 3.8) is 0 Å². The van der Waals surface area contributed by atoms with Crippen LogP contribution < -0.4 is 4.90 Å². The molecular weight excluding hydrogens is 837 g/mol. The van der Waals surface area contributed by atoms with Crippen LogP contribution >= 0.6 is 0 Å². The van der Waals surface area contributed by atoms with Crippen molar-refractivity contribution in [2.75, 3.05) is 4.90 Å². The standard InChI is InChI=1S/C60H40N6O2/c61-38-44(60(67)68)37-39-21-23-42(24-22-39)58-52-33-29-48(62-52)56(40-13-5-1-6-14-40)50-31-35-54(64-50)59(55-36-32-51(65-55)57(41-15-7-2-8-16-41)49-30-34-53(58)63-49)43-25-27-47(28-26-43)66(45-17-9-3-10-18-45)46-19-11-4-12-20-46/h1-37,62,65H,(H,67,68)/b44-37-,56-48?,56-50?,57-49?,57-51?,58-52?,58-53?,59-54?,59-55?. The number of carboxylic acids is 1. The van der Waals surface area contributed by atoms with Gasteiger partial charge in [-0.15, -0.1) is 0 Å². The van der Waals surface area contributed by atoms with Gasteiger partial charge in [0.25, 0.3) is 0 Å². The van der Waals surface area contributed by atoms with E-state index in [-0.39, 0.29) is 5.57 Å². The molecule has 322 valence electrons. The third-order valence-corrected chi connectivity index (χ3v) is 12.2. The molecule has 0 fully saturated rings. The molecule has 2 aliphatic rings. The fourth-order valence-electron chi connectivity index (χ4n) is 9.06. The Morgan fingerprint density at radius 2 is 0.765 bits per heavy atom. The Balaban J connectivity index is 1.18. The van der Waals surface area contributed by atoms with Gasteiger partial charge in [0, 0.05) is 61.4 Å². The third-order valence-electron chi connectivity index (χ3n) is 12.2. The second-order valence-corrected chi connectivity index (χ2v) is 16.4. The molecule has 3 N–H and O–H groups in total. The van der Waals surface area contributed by atoms with Gasteiger partial charge in [-0.3, -0.25) is 0 Å². The number of nitrogens with one attached hydrogen (secondary N) is 2. The van der Waals surface area contributed by atoms with Crippen LogP contribution in [0.4, 0.5) is 17.1 Å². The van der Waals surface area contributed by atoms with Crippen molar-refractivity contribution < 1.29 is 9.90 Å². The number of aromatic amines is 2. The quantitative estimate of drug-likeness (QED) is 0.0981. The average Bonchev–Trinajstić information content (AvgIpc) is 4.24. The predicted molar refractivity (Wildman–Crippen MR) is 277 cm³/mol. The van der Waals surface area contributed by atoms with Crippen LogP contribution in [0.3, 0.4) is 0 Å². The van der Waals surface area contributed by atoms with Crippen LogP contribution in [0.15, 0.2) is 200 Å². The maximum Gasteiger partial charge on any atom is 0.346 e. The average molecular weight is 877 g/mol. The molecule has 68 heavy (non-hydrogen) atoms. The van der Waals surface area contributed by atoms with Gasteiger partial charge in [0.05, 0.1) is 22.8 Å². The van der Waals surface area contributed by atoms with Gasteiger partial charge in [-0.05, 0) is 119 Å². The maximum absolute atomic E-state index is 11.7. The van der Waals surface area contributed by atoms with Gasteiger partial charge in [-0.2, -0.15) is 5.26 Å². The number of nitrogens with zero attached hydrogens (tertiary/aromatic N) is 4. The van der Waals surface area contributed by atoms with Crippen LogP contribution in [0, 0.1) is 11.3 Å². The summed E-state index contributed by atoms with van der Waals surface area (Å²) in [5, 5.41) is 19.0. The summed E-state index contributed by atoms with van der Waals surface area (Å²) in [6.07, 6.45) is 9.67. The minimum absolute atomic E-state index is 0.340. The van der Waals surface area contributed by atoms with E-state index >= 15 is 0 Å². The lowest BCUT2D eigenvalue weighted by molar-refractivity contribution is -0.132. The van der Waals surface area contributed by atoms with Crippen LogP contribution in [-0.4, -0.2) is 31.0 Å². The summed E-state index contributed by atoms with van der Waals surface area (Å²) in [5.74, 6) is -1.27. The molecule has 9 aromatic rings. The molecule has 5 heterocycles. The highest BCUT2D eigenvalue weighted by Crippen LogP contribution is 2.40. The molecule has 0 aliphatic carbocycles. The third kappa shape index (κ3) is 7.87. The largest absolute Gasteiger partial charge is 0.477 e. The van der Waals surface area contributed by atoms with Crippen LogP contribution in [0.5, 0.6) is 0 Å². The molecular formula is C60H40N6O2. The van der Waals surface area contributed by atoms with E-state index in [1.165, 1.54) is 6.08 Å². The Labute approximate surface area is 392 Å². The minimum atomic E-state index is -1.27. The molecule has 2 aliphatic heterocycles. The highest BCUT2D eigenvalue weighted by atomic mass is 16.4. The molecule has 8 heteroatoms. The fraction of sp³-hybridized carbons (Fsp3) is 0. The first kappa shape index (κ1) is 41.1. The van der Waals surface area contributed by atoms with E-state index < -0.39 is 5.97 Å². The number of aliphatic carboxylic acids is 1. The zero-order chi connectivity index (χ0) is 46.0. The van der Waals surface area contributed by atoms with Crippen LogP contribution in [-0.2, 0) is 4.79 Å². The Hall–Kier alpha value is -9.58. The molecule has 3 aromatic heterocycles. The normalized spacial score (nSPS) is 11.9. The first-order valence-electron chi connectivity index (χ1n) is 22.2. The van der Waals surface area contributed by atoms with E-state index in [9.17, 15) is 15.2 Å². The number of hydrogen-bond donors (Lipinski definition) is 3. The highest BCUT2D eigenvalue weighted by Gasteiger charge is 2.20. The number of hydrogen-bond acceptors (Lipinski definition) is 5. The number of aromatic nitrogens is 4. The molecule has 8 bridgehead atoms. The zero-order valence-corrected chi connectivity index (χ0v) is 36.5. The van der Waals surface area contributed by atoms with Gasteiger partial charge in [0.2, 0.25) is 0 Å². The predicted octanol–water partition coefficient (Wildman–Crippen LogP) is 14.8. The van der Waals surface area contributed by atoms with E-state index in [1.807, 2.05) is 78.9 Å². The lowest BCUT2D eigenvalue weighted by atomic mass is 10.0. The molecule has 0 spiro atoms. The van der Waals surface area contributed by atoms with E-state index in [4.69, 9.17) is 9.97 Å². The minimum Gasteiger partial charge on any atom is -0.477 e. The second-order valence-electron chi connectivity index (χ2n) is 16.4. The van der Waals surface area contributed by atoms with Gasteiger partial charge in [-0.25, -0.2) is 14.8 Å². The summed E-state index contributed by atoms with van der Waals surface area (Å²) in [7, 11) is 0.